The quantitative estimate of drug-likeness (QED) is 0.268. The summed E-state index contributed by atoms with van der Waals surface area (Å²) in [5, 5.41) is 3.13. The van der Waals surface area contributed by atoms with Gasteiger partial charge in [-0.2, -0.15) is 8.42 Å². The molecular formula is C24H33IN4O4S. The van der Waals surface area contributed by atoms with E-state index in [1.165, 1.54) is 0 Å². The Labute approximate surface area is 216 Å². The molecule has 1 amide bonds. The van der Waals surface area contributed by atoms with Crippen molar-refractivity contribution in [3.05, 3.63) is 53.6 Å². The standard InChI is InChI=1S/C24H33IN4O4S/c1-4-33-17-19-15-18(16-26-23(30)24(29(2)3)13-7-8-14-24)11-12-20(19)21-9-5-6-10-22(21)27-34(31,32)28-25/h5-6,9-12,15,27-28H,4,7-8,13-14,16-17H2,1-3H3,(H,26,30). The van der Waals surface area contributed by atoms with Gasteiger partial charge in [-0.15, -0.1) is 2.94 Å². The zero-order valence-electron chi connectivity index (χ0n) is 19.9. The number of amides is 1. The summed E-state index contributed by atoms with van der Waals surface area (Å²) in [7, 11) is 0.266. The number of halogens is 1. The van der Waals surface area contributed by atoms with E-state index < -0.39 is 15.7 Å². The molecule has 0 unspecified atom stereocenters. The van der Waals surface area contributed by atoms with Crippen molar-refractivity contribution in [2.45, 2.75) is 51.3 Å². The number of carbonyl (C=O) groups excluding carboxylic acids is 1. The van der Waals surface area contributed by atoms with Gasteiger partial charge in [-0.3, -0.25) is 14.4 Å². The number of likely N-dealkylation sites (N-methyl/N-ethyl adjacent to an activating group) is 1. The lowest BCUT2D eigenvalue weighted by atomic mass is 9.94. The van der Waals surface area contributed by atoms with Crippen molar-refractivity contribution in [3.63, 3.8) is 0 Å². The molecule has 186 valence electrons. The number of rotatable bonds is 11. The van der Waals surface area contributed by atoms with Gasteiger partial charge in [-0.1, -0.05) is 49.2 Å². The Balaban J connectivity index is 1.87. The van der Waals surface area contributed by atoms with Gasteiger partial charge in [0.1, 0.15) is 0 Å². The number of carbonyl (C=O) groups is 1. The lowest BCUT2D eigenvalue weighted by molar-refractivity contribution is -0.132. The van der Waals surface area contributed by atoms with E-state index in [1.54, 1.807) is 35.0 Å². The van der Waals surface area contributed by atoms with Gasteiger partial charge in [0.05, 0.1) is 17.8 Å². The third-order valence-corrected chi connectivity index (χ3v) is 8.79. The van der Waals surface area contributed by atoms with E-state index in [0.717, 1.165) is 47.9 Å². The highest BCUT2D eigenvalue weighted by Gasteiger charge is 2.42. The van der Waals surface area contributed by atoms with Gasteiger partial charge < -0.3 is 10.1 Å². The second-order valence-corrected chi connectivity index (χ2v) is 11.4. The maximum Gasteiger partial charge on any atom is 0.307 e. The molecule has 3 N–H and O–H groups in total. The Hall–Kier alpha value is -1.73. The lowest BCUT2D eigenvalue weighted by Crippen LogP contribution is -2.54. The van der Waals surface area contributed by atoms with Crippen LogP contribution in [0, 0.1) is 0 Å². The highest BCUT2D eigenvalue weighted by Crippen LogP contribution is 2.35. The van der Waals surface area contributed by atoms with Gasteiger partial charge in [0.2, 0.25) is 5.91 Å². The molecule has 0 radical (unpaired) electrons. The van der Waals surface area contributed by atoms with Crippen molar-refractivity contribution in [1.29, 1.82) is 0 Å². The van der Waals surface area contributed by atoms with Crippen molar-refractivity contribution in [2.24, 2.45) is 0 Å². The van der Waals surface area contributed by atoms with Gasteiger partial charge in [0.15, 0.2) is 0 Å². The minimum atomic E-state index is -3.68. The molecule has 0 bridgehead atoms. The van der Waals surface area contributed by atoms with Crippen molar-refractivity contribution < 1.29 is 17.9 Å². The lowest BCUT2D eigenvalue weighted by Gasteiger charge is -2.34. The average molecular weight is 601 g/mol. The first-order valence-electron chi connectivity index (χ1n) is 11.4. The third kappa shape index (κ3) is 6.28. The van der Waals surface area contributed by atoms with E-state index in [2.05, 4.69) is 13.0 Å². The Morgan fingerprint density at radius 1 is 1.12 bits per heavy atom. The molecule has 0 aliphatic heterocycles. The van der Waals surface area contributed by atoms with Crippen LogP contribution in [0.2, 0.25) is 0 Å². The van der Waals surface area contributed by atoms with E-state index in [9.17, 15) is 13.2 Å². The molecule has 8 nitrogen and oxygen atoms in total. The zero-order chi connectivity index (χ0) is 24.8. The molecule has 10 heteroatoms. The van der Waals surface area contributed by atoms with Crippen LogP contribution in [-0.2, 0) is 32.9 Å². The van der Waals surface area contributed by atoms with Crippen LogP contribution in [0.4, 0.5) is 5.69 Å². The largest absolute Gasteiger partial charge is 0.377 e. The predicted molar refractivity (Wildman–Crippen MR) is 144 cm³/mol. The van der Waals surface area contributed by atoms with Gasteiger partial charge in [0.25, 0.3) is 0 Å². The highest BCUT2D eigenvalue weighted by atomic mass is 127. The fourth-order valence-corrected chi connectivity index (χ4v) is 5.34. The van der Waals surface area contributed by atoms with Crippen LogP contribution in [-0.4, -0.2) is 45.5 Å². The van der Waals surface area contributed by atoms with Crippen LogP contribution in [0.1, 0.15) is 43.7 Å². The smallest absolute Gasteiger partial charge is 0.307 e. The number of hydrogen-bond acceptors (Lipinski definition) is 5. The molecule has 1 aliphatic rings. The summed E-state index contributed by atoms with van der Waals surface area (Å²) in [6.45, 7) is 3.28. The normalized spacial score (nSPS) is 15.4. The molecule has 0 aromatic heterocycles. The highest BCUT2D eigenvalue weighted by molar-refractivity contribution is 14.1. The molecule has 1 saturated carbocycles. The third-order valence-electron chi connectivity index (χ3n) is 6.36. The summed E-state index contributed by atoms with van der Waals surface area (Å²) in [5.74, 6) is 0.0662. The number of hydrogen-bond donors (Lipinski definition) is 3. The van der Waals surface area contributed by atoms with Gasteiger partial charge >= 0.3 is 10.2 Å². The summed E-state index contributed by atoms with van der Waals surface area (Å²) in [6.07, 6.45) is 3.88. The zero-order valence-corrected chi connectivity index (χ0v) is 22.8. The predicted octanol–water partition coefficient (Wildman–Crippen LogP) is 3.98. The van der Waals surface area contributed by atoms with Crippen molar-refractivity contribution in [2.75, 3.05) is 25.4 Å². The average Bonchev–Trinajstić information content (AvgIpc) is 3.33. The molecule has 3 rings (SSSR count). The maximum atomic E-state index is 13.1. The van der Waals surface area contributed by atoms with Gasteiger partial charge in [-0.05, 0) is 56.6 Å². The Kier molecular flexibility index (Phi) is 9.33. The van der Waals surface area contributed by atoms with Crippen LogP contribution in [0.3, 0.4) is 0 Å². The van der Waals surface area contributed by atoms with Crippen molar-refractivity contribution in [3.8, 4) is 11.1 Å². The number of anilines is 1. The van der Waals surface area contributed by atoms with Gasteiger partial charge in [0, 0.05) is 41.6 Å². The summed E-state index contributed by atoms with van der Waals surface area (Å²) in [4.78, 5) is 15.1. The van der Waals surface area contributed by atoms with Crippen molar-refractivity contribution >= 4 is 44.7 Å². The van der Waals surface area contributed by atoms with Crippen molar-refractivity contribution in [1.82, 2.24) is 13.2 Å². The van der Waals surface area contributed by atoms with Crippen LogP contribution in [0.5, 0.6) is 0 Å². The summed E-state index contributed by atoms with van der Waals surface area (Å²) >= 11 is 1.59. The van der Waals surface area contributed by atoms with Crippen LogP contribution in [0.15, 0.2) is 42.5 Å². The number of ether oxygens (including phenoxy) is 1. The van der Waals surface area contributed by atoms with E-state index in [-0.39, 0.29) is 5.91 Å². The number of nitrogens with one attached hydrogen (secondary N) is 3. The molecule has 0 atom stereocenters. The Bertz CT molecular complexity index is 1100. The van der Waals surface area contributed by atoms with Gasteiger partial charge in [-0.25, -0.2) is 0 Å². The van der Waals surface area contributed by atoms with Crippen LogP contribution >= 0.6 is 22.9 Å². The fraction of sp³-hybridized carbons (Fsp3) is 0.458. The monoisotopic (exact) mass is 600 g/mol. The molecule has 0 heterocycles. The summed E-state index contributed by atoms with van der Waals surface area (Å²) < 4.78 is 34.7. The molecule has 2 aromatic carbocycles. The SMILES string of the molecule is CCOCc1cc(CNC(=O)C2(N(C)C)CCCC2)ccc1-c1ccccc1NS(=O)(=O)NI. The Morgan fingerprint density at radius 2 is 1.82 bits per heavy atom. The second kappa shape index (κ2) is 11.8. The number of benzene rings is 2. The number of para-hydroxylation sites is 1. The maximum absolute atomic E-state index is 13.1. The minimum Gasteiger partial charge on any atom is -0.377 e. The van der Waals surface area contributed by atoms with E-state index in [1.807, 2.05) is 56.3 Å². The van der Waals surface area contributed by atoms with Crippen LogP contribution < -0.4 is 13.0 Å². The first kappa shape index (κ1) is 26.9. The molecule has 0 spiro atoms. The molecule has 34 heavy (non-hydrogen) atoms. The first-order valence-corrected chi connectivity index (χ1v) is 13.9. The molecule has 2 aromatic rings. The van der Waals surface area contributed by atoms with E-state index in [0.29, 0.717) is 25.4 Å². The van der Waals surface area contributed by atoms with Crippen LogP contribution in [0.25, 0.3) is 11.1 Å². The Morgan fingerprint density at radius 3 is 2.47 bits per heavy atom. The molecule has 1 aliphatic carbocycles. The molecule has 1 fully saturated rings. The number of nitrogens with zero attached hydrogens (tertiary/aromatic N) is 1. The minimum absolute atomic E-state index is 0.0662. The summed E-state index contributed by atoms with van der Waals surface area (Å²) in [5.41, 5.74) is 3.55. The fourth-order valence-electron chi connectivity index (χ4n) is 4.51. The first-order chi connectivity index (χ1) is 16.2. The topological polar surface area (TPSA) is 99.8 Å². The molecular weight excluding hydrogens is 567 g/mol. The van der Waals surface area contributed by atoms with E-state index >= 15 is 0 Å². The summed E-state index contributed by atoms with van der Waals surface area (Å²) in [6, 6.07) is 13.2. The van der Waals surface area contributed by atoms with E-state index in [4.69, 9.17) is 4.74 Å². The second-order valence-electron chi connectivity index (χ2n) is 8.67. The molecule has 0 saturated heterocycles.